The highest BCUT2D eigenvalue weighted by Crippen LogP contribution is 2.34. The molecule has 1 heterocycles. The second-order valence-electron chi connectivity index (χ2n) is 4.27. The lowest BCUT2D eigenvalue weighted by Gasteiger charge is -2.27. The van der Waals surface area contributed by atoms with Gasteiger partial charge in [0.05, 0.1) is 7.11 Å². The van der Waals surface area contributed by atoms with Gasteiger partial charge in [0.25, 0.3) is 0 Å². The zero-order chi connectivity index (χ0) is 12.3. The van der Waals surface area contributed by atoms with Gasteiger partial charge in [-0.1, -0.05) is 13.0 Å². The van der Waals surface area contributed by atoms with Crippen molar-refractivity contribution in [2.75, 3.05) is 25.2 Å². The quantitative estimate of drug-likeness (QED) is 0.875. The Morgan fingerprint density at radius 2 is 2.18 bits per heavy atom. The summed E-state index contributed by atoms with van der Waals surface area (Å²) < 4.78 is 11.2. The van der Waals surface area contributed by atoms with Crippen LogP contribution in [0.3, 0.4) is 0 Å². The van der Waals surface area contributed by atoms with E-state index in [9.17, 15) is 0 Å². The molecule has 2 rings (SSSR count). The minimum Gasteiger partial charge on any atom is -0.493 e. The molecule has 0 radical (unpaired) electrons. The van der Waals surface area contributed by atoms with Crippen LogP contribution >= 0.6 is 11.8 Å². The minimum atomic E-state index is 0.124. The summed E-state index contributed by atoms with van der Waals surface area (Å²) in [5.41, 5.74) is 1.08. The average molecular weight is 254 g/mol. The van der Waals surface area contributed by atoms with Gasteiger partial charge in [-0.2, -0.15) is 11.8 Å². The first kappa shape index (κ1) is 12.6. The summed E-state index contributed by atoms with van der Waals surface area (Å²) in [4.78, 5) is 0. The molecule has 0 aromatic heterocycles. The summed E-state index contributed by atoms with van der Waals surface area (Å²) in [5, 5.41) is 9.17. The Balaban J connectivity index is 2.19. The molecule has 17 heavy (non-hydrogen) atoms. The Kier molecular flexibility index (Phi) is 4.18. The van der Waals surface area contributed by atoms with E-state index in [2.05, 4.69) is 0 Å². The predicted molar refractivity (Wildman–Crippen MR) is 70.2 cm³/mol. The molecule has 1 aromatic carbocycles. The highest BCUT2D eigenvalue weighted by atomic mass is 32.2. The van der Waals surface area contributed by atoms with Crippen LogP contribution in [-0.4, -0.2) is 36.4 Å². The van der Waals surface area contributed by atoms with Crippen molar-refractivity contribution in [3.05, 3.63) is 23.8 Å². The summed E-state index contributed by atoms with van der Waals surface area (Å²) >= 11 is 1.89. The largest absolute Gasteiger partial charge is 0.493 e. The number of benzene rings is 1. The fourth-order valence-electron chi connectivity index (χ4n) is 1.66. The lowest BCUT2D eigenvalue weighted by Crippen LogP contribution is -2.31. The van der Waals surface area contributed by atoms with E-state index >= 15 is 0 Å². The number of aliphatic hydroxyl groups excluding tert-OH is 1. The van der Waals surface area contributed by atoms with Gasteiger partial charge in [0.15, 0.2) is 11.5 Å². The van der Waals surface area contributed by atoms with Crippen LogP contribution in [0.1, 0.15) is 18.4 Å². The number of hydrogen-bond donors (Lipinski definition) is 1. The molecular formula is C13H18O3S. The molecule has 1 aromatic rings. The van der Waals surface area contributed by atoms with Crippen molar-refractivity contribution in [2.45, 2.75) is 18.9 Å². The second-order valence-corrected chi connectivity index (χ2v) is 5.35. The maximum Gasteiger partial charge on any atom is 0.161 e. The van der Waals surface area contributed by atoms with Crippen LogP contribution in [0.4, 0.5) is 0 Å². The first-order chi connectivity index (χ1) is 8.24. The zero-order valence-electron chi connectivity index (χ0n) is 10.2. The fourth-order valence-corrected chi connectivity index (χ4v) is 2.22. The Morgan fingerprint density at radius 3 is 2.71 bits per heavy atom. The van der Waals surface area contributed by atoms with Gasteiger partial charge in [0, 0.05) is 24.0 Å². The van der Waals surface area contributed by atoms with Crippen LogP contribution in [-0.2, 0) is 0 Å². The maximum absolute atomic E-state index is 9.17. The molecular weight excluding hydrogens is 236 g/mol. The van der Waals surface area contributed by atoms with Gasteiger partial charge in [-0.05, 0) is 17.7 Å². The number of hydrogen-bond acceptors (Lipinski definition) is 4. The van der Waals surface area contributed by atoms with Crippen LogP contribution in [0.5, 0.6) is 11.5 Å². The lowest BCUT2D eigenvalue weighted by atomic mass is 10.0. The van der Waals surface area contributed by atoms with E-state index in [4.69, 9.17) is 14.6 Å². The maximum atomic E-state index is 9.17. The molecule has 1 saturated heterocycles. The van der Waals surface area contributed by atoms with E-state index in [1.54, 1.807) is 7.11 Å². The van der Waals surface area contributed by atoms with Crippen molar-refractivity contribution >= 4 is 11.8 Å². The SMILES string of the molecule is COc1ccc(C(C)CO)cc1OC1CSC1. The average Bonchev–Trinajstić information content (AvgIpc) is 2.32. The van der Waals surface area contributed by atoms with Crippen molar-refractivity contribution in [3.8, 4) is 11.5 Å². The van der Waals surface area contributed by atoms with Gasteiger partial charge in [-0.3, -0.25) is 0 Å². The fraction of sp³-hybridized carbons (Fsp3) is 0.538. The van der Waals surface area contributed by atoms with E-state index in [1.807, 2.05) is 36.9 Å². The molecule has 0 bridgehead atoms. The van der Waals surface area contributed by atoms with Crippen LogP contribution in [0.15, 0.2) is 18.2 Å². The summed E-state index contributed by atoms with van der Waals surface area (Å²) in [5.74, 6) is 3.76. The van der Waals surface area contributed by atoms with Crippen LogP contribution in [0.25, 0.3) is 0 Å². The highest BCUT2D eigenvalue weighted by Gasteiger charge is 2.22. The number of rotatable bonds is 5. The highest BCUT2D eigenvalue weighted by molar-refractivity contribution is 8.00. The third-order valence-corrected chi connectivity index (χ3v) is 4.15. The van der Waals surface area contributed by atoms with E-state index in [0.717, 1.165) is 28.6 Å². The predicted octanol–water partition coefficient (Wildman–Crippen LogP) is 2.29. The van der Waals surface area contributed by atoms with Crippen molar-refractivity contribution < 1.29 is 14.6 Å². The third kappa shape index (κ3) is 2.87. The minimum absolute atomic E-state index is 0.124. The number of aliphatic hydroxyl groups is 1. The summed E-state index contributed by atoms with van der Waals surface area (Å²) in [6.45, 7) is 2.13. The molecule has 0 spiro atoms. The van der Waals surface area contributed by atoms with Crippen LogP contribution in [0, 0.1) is 0 Å². The molecule has 1 aliphatic rings. The summed E-state index contributed by atoms with van der Waals surface area (Å²) in [7, 11) is 1.65. The van der Waals surface area contributed by atoms with E-state index < -0.39 is 0 Å². The molecule has 1 fully saturated rings. The Hall–Kier alpha value is -0.870. The standard InChI is InChI=1S/C13H18O3S/c1-9(6-14)10-3-4-12(15-2)13(5-10)16-11-7-17-8-11/h3-5,9,11,14H,6-8H2,1-2H3. The molecule has 3 nitrogen and oxygen atoms in total. The van der Waals surface area contributed by atoms with Crippen molar-refractivity contribution in [1.29, 1.82) is 0 Å². The Labute approximate surface area is 106 Å². The smallest absolute Gasteiger partial charge is 0.161 e. The van der Waals surface area contributed by atoms with Gasteiger partial charge in [0.2, 0.25) is 0 Å². The van der Waals surface area contributed by atoms with Crippen molar-refractivity contribution in [3.63, 3.8) is 0 Å². The molecule has 1 atom stereocenters. The normalized spacial score (nSPS) is 17.4. The molecule has 4 heteroatoms. The number of ether oxygens (including phenoxy) is 2. The van der Waals surface area contributed by atoms with Crippen molar-refractivity contribution in [1.82, 2.24) is 0 Å². The van der Waals surface area contributed by atoms with Gasteiger partial charge in [-0.15, -0.1) is 0 Å². The molecule has 1 aliphatic heterocycles. The van der Waals surface area contributed by atoms with Gasteiger partial charge >= 0.3 is 0 Å². The van der Waals surface area contributed by atoms with E-state index in [-0.39, 0.29) is 12.5 Å². The summed E-state index contributed by atoms with van der Waals surface area (Å²) in [6.07, 6.45) is 0.300. The lowest BCUT2D eigenvalue weighted by molar-refractivity contribution is 0.227. The van der Waals surface area contributed by atoms with E-state index in [1.165, 1.54) is 0 Å². The van der Waals surface area contributed by atoms with Crippen LogP contribution < -0.4 is 9.47 Å². The zero-order valence-corrected chi connectivity index (χ0v) is 11.0. The topological polar surface area (TPSA) is 38.7 Å². The monoisotopic (exact) mass is 254 g/mol. The first-order valence-corrected chi connectivity index (χ1v) is 6.93. The van der Waals surface area contributed by atoms with Crippen molar-refractivity contribution in [2.24, 2.45) is 0 Å². The molecule has 0 saturated carbocycles. The van der Waals surface area contributed by atoms with Gasteiger partial charge < -0.3 is 14.6 Å². The van der Waals surface area contributed by atoms with Gasteiger partial charge in [0.1, 0.15) is 6.10 Å². The molecule has 0 aliphatic carbocycles. The molecule has 1 unspecified atom stereocenters. The third-order valence-electron chi connectivity index (χ3n) is 2.93. The molecule has 94 valence electrons. The van der Waals surface area contributed by atoms with Gasteiger partial charge in [-0.25, -0.2) is 0 Å². The second kappa shape index (κ2) is 5.65. The number of methoxy groups -OCH3 is 1. The first-order valence-electron chi connectivity index (χ1n) is 5.77. The molecule has 0 amide bonds. The number of thioether (sulfide) groups is 1. The molecule has 1 N–H and O–H groups in total. The van der Waals surface area contributed by atoms with E-state index in [0.29, 0.717) is 6.10 Å². The van der Waals surface area contributed by atoms with Crippen LogP contribution in [0.2, 0.25) is 0 Å². The Morgan fingerprint density at radius 1 is 1.41 bits per heavy atom. The Bertz CT molecular complexity index is 377. The summed E-state index contributed by atoms with van der Waals surface area (Å²) in [6, 6.07) is 5.85.